The van der Waals surface area contributed by atoms with Crippen molar-refractivity contribution in [3.63, 3.8) is 0 Å². The minimum atomic E-state index is 0.300. The fourth-order valence-corrected chi connectivity index (χ4v) is 5.25. The van der Waals surface area contributed by atoms with Gasteiger partial charge in [-0.1, -0.05) is 60.7 Å². The molecule has 0 bridgehead atoms. The number of aromatic nitrogens is 1. The molecule has 3 unspecified atom stereocenters. The second kappa shape index (κ2) is 7.66. The van der Waals surface area contributed by atoms with Gasteiger partial charge in [-0.25, -0.2) is 0 Å². The van der Waals surface area contributed by atoms with Gasteiger partial charge in [0.25, 0.3) is 0 Å². The zero-order valence-corrected chi connectivity index (χ0v) is 17.4. The highest BCUT2D eigenvalue weighted by molar-refractivity contribution is 5.84. The van der Waals surface area contributed by atoms with Crippen LogP contribution in [-0.4, -0.2) is 11.6 Å². The summed E-state index contributed by atoms with van der Waals surface area (Å²) in [6.07, 6.45) is 8.94. The van der Waals surface area contributed by atoms with Crippen molar-refractivity contribution in [2.24, 2.45) is 5.92 Å². The van der Waals surface area contributed by atoms with Gasteiger partial charge in [0, 0.05) is 35.1 Å². The summed E-state index contributed by atoms with van der Waals surface area (Å²) in [6.45, 7) is 0.693. The molecule has 0 amide bonds. The Balaban J connectivity index is 1.26. The largest absolute Gasteiger partial charge is 0.493 e. The van der Waals surface area contributed by atoms with Gasteiger partial charge in [-0.15, -0.1) is 0 Å². The van der Waals surface area contributed by atoms with Crippen LogP contribution in [0.1, 0.15) is 35.1 Å². The van der Waals surface area contributed by atoms with Gasteiger partial charge in [0.2, 0.25) is 0 Å². The van der Waals surface area contributed by atoms with E-state index in [1.807, 2.05) is 0 Å². The maximum atomic E-state index is 6.12. The van der Waals surface area contributed by atoms with E-state index in [2.05, 4.69) is 101 Å². The van der Waals surface area contributed by atoms with Gasteiger partial charge in [0.1, 0.15) is 5.75 Å². The maximum absolute atomic E-state index is 6.12. The lowest BCUT2D eigenvalue weighted by Crippen LogP contribution is -2.28. The number of allylic oxidation sites excluding steroid dienone is 2. The molecule has 3 nitrogen and oxygen atoms in total. The number of hydrogen-bond donors (Lipinski definition) is 2. The molecule has 31 heavy (non-hydrogen) atoms. The van der Waals surface area contributed by atoms with Crippen LogP contribution in [0, 0.1) is 5.92 Å². The van der Waals surface area contributed by atoms with Gasteiger partial charge < -0.3 is 15.0 Å². The van der Waals surface area contributed by atoms with Crippen LogP contribution in [0.25, 0.3) is 10.9 Å². The smallest absolute Gasteiger partial charge is 0.119 e. The fourth-order valence-electron chi connectivity index (χ4n) is 5.25. The number of nitrogens with one attached hydrogen (secondary N) is 2. The van der Waals surface area contributed by atoms with Crippen molar-refractivity contribution in [2.45, 2.75) is 24.8 Å². The molecule has 0 fully saturated rings. The summed E-state index contributed by atoms with van der Waals surface area (Å²) < 4.78 is 6.12. The minimum Gasteiger partial charge on any atom is -0.493 e. The Morgan fingerprint density at radius 1 is 0.903 bits per heavy atom. The van der Waals surface area contributed by atoms with Crippen LogP contribution in [0.3, 0.4) is 0 Å². The first-order valence-corrected chi connectivity index (χ1v) is 11.2. The van der Waals surface area contributed by atoms with Crippen LogP contribution < -0.4 is 10.1 Å². The van der Waals surface area contributed by atoms with Crippen LogP contribution in [0.4, 0.5) is 5.69 Å². The molecule has 0 saturated carbocycles. The highest BCUT2D eigenvalue weighted by Crippen LogP contribution is 2.51. The van der Waals surface area contributed by atoms with E-state index in [1.165, 1.54) is 33.3 Å². The quantitative estimate of drug-likeness (QED) is 0.366. The molecule has 0 spiro atoms. The molecule has 3 heteroatoms. The Labute approximate surface area is 182 Å². The third kappa shape index (κ3) is 3.31. The SMILES string of the molecule is C1=CC2c3cc(OCCc4ccccc4)ccc3NC(c3c[nH]c4ccccc34)C2C1. The number of H-pyrrole nitrogens is 1. The molecule has 6 rings (SSSR count). The summed E-state index contributed by atoms with van der Waals surface area (Å²) >= 11 is 0. The van der Waals surface area contributed by atoms with Crippen molar-refractivity contribution < 1.29 is 4.74 Å². The molecule has 2 N–H and O–H groups in total. The van der Waals surface area contributed by atoms with Crippen LogP contribution in [0.5, 0.6) is 5.75 Å². The third-order valence-electron chi connectivity index (χ3n) is 6.79. The van der Waals surface area contributed by atoms with E-state index < -0.39 is 0 Å². The van der Waals surface area contributed by atoms with Gasteiger partial charge >= 0.3 is 0 Å². The molecule has 1 aliphatic heterocycles. The second-order valence-corrected chi connectivity index (χ2v) is 8.60. The topological polar surface area (TPSA) is 37.0 Å². The monoisotopic (exact) mass is 406 g/mol. The van der Waals surface area contributed by atoms with Crippen molar-refractivity contribution in [2.75, 3.05) is 11.9 Å². The molecular formula is C28H26N2O. The lowest BCUT2D eigenvalue weighted by Gasteiger charge is -2.37. The molecule has 3 aromatic carbocycles. The molecule has 1 aromatic heterocycles. The summed E-state index contributed by atoms with van der Waals surface area (Å²) in [5.74, 6) is 1.90. The molecule has 0 saturated heterocycles. The number of anilines is 1. The molecule has 1 aliphatic carbocycles. The van der Waals surface area contributed by atoms with Crippen molar-refractivity contribution in [1.82, 2.24) is 4.98 Å². The van der Waals surface area contributed by atoms with E-state index in [0.717, 1.165) is 18.6 Å². The number of ether oxygens (including phenoxy) is 1. The normalized spacial score (nSPS) is 21.5. The molecule has 4 aromatic rings. The van der Waals surface area contributed by atoms with E-state index >= 15 is 0 Å². The van der Waals surface area contributed by atoms with Crippen LogP contribution in [0.2, 0.25) is 0 Å². The molecule has 2 aliphatic rings. The number of benzene rings is 3. The average Bonchev–Trinajstić information content (AvgIpc) is 3.47. The van der Waals surface area contributed by atoms with E-state index in [1.54, 1.807) is 0 Å². The first-order chi connectivity index (χ1) is 15.4. The summed E-state index contributed by atoms with van der Waals surface area (Å²) in [5.41, 5.74) is 6.45. The van der Waals surface area contributed by atoms with E-state index in [9.17, 15) is 0 Å². The summed E-state index contributed by atoms with van der Waals surface area (Å²) in [5, 5.41) is 5.17. The molecular weight excluding hydrogens is 380 g/mol. The lowest BCUT2D eigenvalue weighted by atomic mass is 9.77. The third-order valence-corrected chi connectivity index (χ3v) is 6.79. The van der Waals surface area contributed by atoms with Crippen LogP contribution >= 0.6 is 0 Å². The van der Waals surface area contributed by atoms with Crippen LogP contribution in [-0.2, 0) is 6.42 Å². The molecule has 0 radical (unpaired) electrons. The van der Waals surface area contributed by atoms with E-state index in [4.69, 9.17) is 4.74 Å². The maximum Gasteiger partial charge on any atom is 0.119 e. The Morgan fingerprint density at radius 3 is 2.71 bits per heavy atom. The Hall–Kier alpha value is -3.46. The van der Waals surface area contributed by atoms with Gasteiger partial charge in [-0.05, 0) is 53.3 Å². The fraction of sp³-hybridized carbons (Fsp3) is 0.214. The van der Waals surface area contributed by atoms with Gasteiger partial charge in [-0.3, -0.25) is 0 Å². The number of rotatable bonds is 5. The number of para-hydroxylation sites is 1. The Morgan fingerprint density at radius 2 is 1.77 bits per heavy atom. The predicted octanol–water partition coefficient (Wildman–Crippen LogP) is 6.62. The molecule has 154 valence electrons. The van der Waals surface area contributed by atoms with Gasteiger partial charge in [0.15, 0.2) is 0 Å². The number of fused-ring (bicyclic) bond motifs is 4. The molecule has 2 heterocycles. The highest BCUT2D eigenvalue weighted by Gasteiger charge is 2.38. The highest BCUT2D eigenvalue weighted by atomic mass is 16.5. The van der Waals surface area contributed by atoms with Crippen molar-refractivity contribution in [3.8, 4) is 5.75 Å². The summed E-state index contributed by atoms with van der Waals surface area (Å²) in [6, 6.07) is 25.9. The average molecular weight is 407 g/mol. The van der Waals surface area contributed by atoms with E-state index in [0.29, 0.717) is 24.5 Å². The summed E-state index contributed by atoms with van der Waals surface area (Å²) in [4.78, 5) is 3.45. The zero-order chi connectivity index (χ0) is 20.6. The minimum absolute atomic E-state index is 0.300. The number of aromatic amines is 1. The first kappa shape index (κ1) is 18.3. The first-order valence-electron chi connectivity index (χ1n) is 11.2. The lowest BCUT2D eigenvalue weighted by molar-refractivity contribution is 0.320. The predicted molar refractivity (Wildman–Crippen MR) is 127 cm³/mol. The number of hydrogen-bond acceptors (Lipinski definition) is 2. The molecule has 3 atom stereocenters. The van der Waals surface area contributed by atoms with Crippen molar-refractivity contribution in [1.29, 1.82) is 0 Å². The van der Waals surface area contributed by atoms with Gasteiger partial charge in [0.05, 0.1) is 12.6 Å². The Bertz CT molecular complexity index is 1240. The van der Waals surface area contributed by atoms with Crippen LogP contribution in [0.15, 0.2) is 91.1 Å². The summed E-state index contributed by atoms with van der Waals surface area (Å²) in [7, 11) is 0. The van der Waals surface area contributed by atoms with E-state index in [-0.39, 0.29) is 0 Å². The van der Waals surface area contributed by atoms with Crippen molar-refractivity contribution in [3.05, 3.63) is 108 Å². The zero-order valence-electron chi connectivity index (χ0n) is 17.4. The Kier molecular flexibility index (Phi) is 4.53. The van der Waals surface area contributed by atoms with Gasteiger partial charge in [-0.2, -0.15) is 0 Å². The van der Waals surface area contributed by atoms with Crippen molar-refractivity contribution >= 4 is 16.6 Å². The standard InChI is InChI=1S/C28H26N2O/c1-2-7-19(8-3-1)15-16-31-20-13-14-27-24(17-20)21-10-6-11-23(21)28(30-27)25-18-29-26-12-5-4-9-22(25)26/h1-10,12-14,17-18,21,23,28-30H,11,15-16H2. The second-order valence-electron chi connectivity index (χ2n) is 8.60.